The van der Waals surface area contributed by atoms with Crippen LogP contribution in [0.3, 0.4) is 0 Å². The Balaban J connectivity index is 1.80. The van der Waals surface area contributed by atoms with Crippen molar-refractivity contribution in [1.82, 2.24) is 24.5 Å². The van der Waals surface area contributed by atoms with Gasteiger partial charge < -0.3 is 4.90 Å². The molecule has 1 saturated heterocycles. The van der Waals surface area contributed by atoms with Crippen molar-refractivity contribution in [3.05, 3.63) is 49.1 Å². The molecule has 1 aliphatic rings. The van der Waals surface area contributed by atoms with Crippen LogP contribution in [0.15, 0.2) is 49.1 Å². The summed E-state index contributed by atoms with van der Waals surface area (Å²) in [6.07, 6.45) is 7.34. The predicted molar refractivity (Wildman–Crippen MR) is 88.0 cm³/mol. The molecule has 6 nitrogen and oxygen atoms in total. The first-order valence-electron chi connectivity index (χ1n) is 7.25. The molecule has 4 rings (SSSR count). The molecule has 0 unspecified atom stereocenters. The van der Waals surface area contributed by atoms with E-state index in [0.717, 1.165) is 36.2 Å². The number of rotatable bonds is 3. The first-order chi connectivity index (χ1) is 10.9. The summed E-state index contributed by atoms with van der Waals surface area (Å²) in [5.41, 5.74) is 1.17. The molecule has 0 aromatic carbocycles. The number of hydrogen-bond acceptors (Lipinski definition) is 5. The highest BCUT2D eigenvalue weighted by Crippen LogP contribution is 2.23. The first kappa shape index (κ1) is 13.4. The zero-order chi connectivity index (χ0) is 14.8. The van der Waals surface area contributed by atoms with E-state index in [4.69, 9.17) is 0 Å². The Bertz CT molecular complexity index is 679. The number of nitrogens with zero attached hydrogens (tertiary/aromatic N) is 6. The quantitative estimate of drug-likeness (QED) is 0.740. The summed E-state index contributed by atoms with van der Waals surface area (Å²) < 4.78 is 3.57. The molecule has 0 atom stereocenters. The Morgan fingerprint density at radius 2 is 1.45 bits per heavy atom. The molecule has 3 aromatic rings. The molecular weight excluding hydrogens is 296 g/mol. The molecule has 3 aromatic heterocycles. The van der Waals surface area contributed by atoms with Gasteiger partial charge >= 0.3 is 0 Å². The standard InChI is InChI=1S/C15H16N6S/c1-3-16-20(5-1)14-11-13(19-7-9-22-10-8-19)12-15(18-14)21-6-2-4-17-21/h1-6,11-12H,7-10H2. The van der Waals surface area contributed by atoms with Gasteiger partial charge in [-0.05, 0) is 12.1 Å². The maximum Gasteiger partial charge on any atom is 0.157 e. The van der Waals surface area contributed by atoms with E-state index in [1.54, 1.807) is 21.8 Å². The molecule has 4 heterocycles. The number of aromatic nitrogens is 5. The molecule has 0 N–H and O–H groups in total. The summed E-state index contributed by atoms with van der Waals surface area (Å²) in [4.78, 5) is 7.08. The molecule has 1 aliphatic heterocycles. The van der Waals surface area contributed by atoms with Crippen LogP contribution in [0.4, 0.5) is 5.69 Å². The summed E-state index contributed by atoms with van der Waals surface area (Å²) in [6, 6.07) is 7.99. The fourth-order valence-corrected chi connectivity index (χ4v) is 3.44. The molecule has 112 valence electrons. The van der Waals surface area contributed by atoms with Gasteiger partial charge in [-0.25, -0.2) is 14.3 Å². The van der Waals surface area contributed by atoms with Crippen LogP contribution in [0.25, 0.3) is 11.6 Å². The molecule has 0 saturated carbocycles. The Labute approximate surface area is 132 Å². The topological polar surface area (TPSA) is 51.8 Å². The highest BCUT2D eigenvalue weighted by Gasteiger charge is 2.15. The number of hydrogen-bond donors (Lipinski definition) is 0. The molecule has 7 heteroatoms. The second kappa shape index (κ2) is 5.84. The summed E-state index contributed by atoms with van der Waals surface area (Å²) in [5, 5.41) is 8.59. The van der Waals surface area contributed by atoms with Gasteiger partial charge in [-0.2, -0.15) is 22.0 Å². The lowest BCUT2D eigenvalue weighted by Gasteiger charge is -2.29. The summed E-state index contributed by atoms with van der Waals surface area (Å²) in [6.45, 7) is 2.12. The van der Waals surface area contributed by atoms with Crippen LogP contribution in [0, 0.1) is 0 Å². The van der Waals surface area contributed by atoms with Crippen molar-refractivity contribution in [2.75, 3.05) is 29.5 Å². The summed E-state index contributed by atoms with van der Waals surface area (Å²) in [5.74, 6) is 3.95. The van der Waals surface area contributed by atoms with Gasteiger partial charge in [-0.15, -0.1) is 0 Å². The van der Waals surface area contributed by atoms with Crippen LogP contribution >= 0.6 is 11.8 Å². The van der Waals surface area contributed by atoms with Crippen LogP contribution in [-0.2, 0) is 0 Å². The van der Waals surface area contributed by atoms with Gasteiger partial charge in [0.1, 0.15) is 0 Å². The maximum absolute atomic E-state index is 4.68. The minimum atomic E-state index is 0.811. The first-order valence-corrected chi connectivity index (χ1v) is 8.40. The fraction of sp³-hybridized carbons (Fsp3) is 0.267. The van der Waals surface area contributed by atoms with Gasteiger partial charge in [0.25, 0.3) is 0 Å². The van der Waals surface area contributed by atoms with E-state index in [1.165, 1.54) is 5.69 Å². The maximum atomic E-state index is 4.68. The predicted octanol–water partition coefficient (Wildman–Crippen LogP) is 2.01. The fourth-order valence-electron chi connectivity index (χ4n) is 2.54. The van der Waals surface area contributed by atoms with E-state index in [0.29, 0.717) is 0 Å². The molecule has 0 radical (unpaired) electrons. The SMILES string of the molecule is c1cnn(-c2cc(N3CCSCC3)cc(-n3cccn3)n2)c1. The molecule has 22 heavy (non-hydrogen) atoms. The van der Waals surface area contributed by atoms with Crippen molar-refractivity contribution in [1.29, 1.82) is 0 Å². The smallest absolute Gasteiger partial charge is 0.157 e. The van der Waals surface area contributed by atoms with E-state index in [-0.39, 0.29) is 0 Å². The van der Waals surface area contributed by atoms with E-state index in [1.807, 2.05) is 36.3 Å². The minimum absolute atomic E-state index is 0.811. The molecule has 0 amide bonds. The van der Waals surface area contributed by atoms with Crippen molar-refractivity contribution in [2.45, 2.75) is 0 Å². The molecule has 1 fully saturated rings. The lowest BCUT2D eigenvalue weighted by molar-refractivity contribution is 0.793. The van der Waals surface area contributed by atoms with E-state index in [2.05, 4.69) is 32.2 Å². The Morgan fingerprint density at radius 1 is 0.864 bits per heavy atom. The number of pyridine rings is 1. The van der Waals surface area contributed by atoms with E-state index >= 15 is 0 Å². The zero-order valence-corrected chi connectivity index (χ0v) is 12.9. The third kappa shape index (κ3) is 2.59. The van der Waals surface area contributed by atoms with Crippen LogP contribution < -0.4 is 4.90 Å². The van der Waals surface area contributed by atoms with Crippen molar-refractivity contribution >= 4 is 17.4 Å². The van der Waals surface area contributed by atoms with Gasteiger partial charge in [-0.3, -0.25) is 0 Å². The normalized spacial score (nSPS) is 15.2. The third-order valence-electron chi connectivity index (χ3n) is 3.64. The number of anilines is 1. The Hall–Kier alpha value is -2.28. The van der Waals surface area contributed by atoms with E-state index < -0.39 is 0 Å². The molecule has 0 aliphatic carbocycles. The third-order valence-corrected chi connectivity index (χ3v) is 4.58. The van der Waals surface area contributed by atoms with Gasteiger partial charge in [0.2, 0.25) is 0 Å². The Kier molecular flexibility index (Phi) is 3.56. The summed E-state index contributed by atoms with van der Waals surface area (Å²) >= 11 is 2.00. The lowest BCUT2D eigenvalue weighted by atomic mass is 10.3. The van der Waals surface area contributed by atoms with Crippen LogP contribution in [0.2, 0.25) is 0 Å². The highest BCUT2D eigenvalue weighted by molar-refractivity contribution is 7.99. The van der Waals surface area contributed by atoms with Crippen LogP contribution in [-0.4, -0.2) is 49.1 Å². The van der Waals surface area contributed by atoms with Crippen molar-refractivity contribution in [3.8, 4) is 11.6 Å². The molecule has 0 bridgehead atoms. The van der Waals surface area contributed by atoms with Gasteiger partial charge in [-0.1, -0.05) is 0 Å². The van der Waals surface area contributed by atoms with Crippen LogP contribution in [0.1, 0.15) is 0 Å². The average molecular weight is 312 g/mol. The largest absolute Gasteiger partial charge is 0.370 e. The average Bonchev–Trinajstić information content (AvgIpc) is 3.29. The number of thioether (sulfide) groups is 1. The van der Waals surface area contributed by atoms with Crippen LogP contribution in [0.5, 0.6) is 0 Å². The van der Waals surface area contributed by atoms with Gasteiger partial charge in [0.15, 0.2) is 11.6 Å². The lowest BCUT2D eigenvalue weighted by Crippen LogP contribution is -2.32. The summed E-state index contributed by atoms with van der Waals surface area (Å²) in [7, 11) is 0. The molecule has 0 spiro atoms. The zero-order valence-electron chi connectivity index (χ0n) is 12.0. The van der Waals surface area contributed by atoms with Gasteiger partial charge in [0.05, 0.1) is 0 Å². The monoisotopic (exact) mass is 312 g/mol. The van der Waals surface area contributed by atoms with Crippen molar-refractivity contribution in [3.63, 3.8) is 0 Å². The molecular formula is C15H16N6S. The van der Waals surface area contributed by atoms with Crippen molar-refractivity contribution < 1.29 is 0 Å². The van der Waals surface area contributed by atoms with Gasteiger partial charge in [0, 0.05) is 67.2 Å². The minimum Gasteiger partial charge on any atom is -0.370 e. The second-order valence-corrected chi connectivity index (χ2v) is 6.27. The second-order valence-electron chi connectivity index (χ2n) is 5.04. The Morgan fingerprint density at radius 3 is 1.95 bits per heavy atom. The van der Waals surface area contributed by atoms with Crippen molar-refractivity contribution in [2.24, 2.45) is 0 Å². The highest BCUT2D eigenvalue weighted by atomic mass is 32.2. The van der Waals surface area contributed by atoms with E-state index in [9.17, 15) is 0 Å².